The van der Waals surface area contributed by atoms with Gasteiger partial charge in [0.05, 0.1) is 5.70 Å². The van der Waals surface area contributed by atoms with Crippen molar-refractivity contribution in [3.8, 4) is 0 Å². The Labute approximate surface area is 78.0 Å². The summed E-state index contributed by atoms with van der Waals surface area (Å²) < 4.78 is 0. The molecule has 4 heteroatoms. The third kappa shape index (κ3) is 1.83. The molecule has 1 unspecified atom stereocenters. The van der Waals surface area contributed by atoms with E-state index in [0.29, 0.717) is 17.3 Å². The van der Waals surface area contributed by atoms with Gasteiger partial charge in [-0.3, -0.25) is 4.79 Å². The summed E-state index contributed by atoms with van der Waals surface area (Å²) in [5.41, 5.74) is 1.13. The normalized spacial score (nSPS) is 21.9. The molecule has 13 heavy (non-hydrogen) atoms. The molecular weight excluding hydrogens is 168 g/mol. The molecule has 0 saturated heterocycles. The molecule has 74 valence electrons. The molecule has 1 aliphatic rings. The third-order valence-electron chi connectivity index (χ3n) is 1.99. The van der Waals surface area contributed by atoms with E-state index in [-0.39, 0.29) is 5.78 Å². The second kappa shape index (κ2) is 3.79. The summed E-state index contributed by atoms with van der Waals surface area (Å²) in [5.74, 6) is 0.265. The van der Waals surface area contributed by atoms with E-state index in [4.69, 9.17) is 0 Å². The van der Waals surface area contributed by atoms with E-state index < -0.39 is 6.10 Å². The Hall–Kier alpha value is -1.03. The zero-order valence-electron chi connectivity index (χ0n) is 8.22. The van der Waals surface area contributed by atoms with Gasteiger partial charge in [-0.1, -0.05) is 13.8 Å². The number of aliphatic hydroxyl groups is 1. The van der Waals surface area contributed by atoms with E-state index in [0.717, 1.165) is 6.54 Å². The molecule has 0 bridgehead atoms. The summed E-state index contributed by atoms with van der Waals surface area (Å²) in [6.07, 6.45) is -0.945. The predicted molar refractivity (Wildman–Crippen MR) is 49.9 cm³/mol. The van der Waals surface area contributed by atoms with Gasteiger partial charge < -0.3 is 15.7 Å². The van der Waals surface area contributed by atoms with Crippen molar-refractivity contribution >= 4 is 5.78 Å². The lowest BCUT2D eigenvalue weighted by molar-refractivity contribution is -0.125. The van der Waals surface area contributed by atoms with Gasteiger partial charge in [0.15, 0.2) is 6.10 Å². The highest BCUT2D eigenvalue weighted by atomic mass is 16.3. The van der Waals surface area contributed by atoms with Crippen LogP contribution in [0.1, 0.15) is 13.8 Å². The van der Waals surface area contributed by atoms with Crippen LogP contribution in [0, 0.1) is 5.92 Å². The van der Waals surface area contributed by atoms with Crippen LogP contribution in [-0.4, -0.2) is 30.6 Å². The Kier molecular flexibility index (Phi) is 2.93. The SMILES string of the molecule is CNC1=C(NCC(C)C)C(=O)C1O. The lowest BCUT2D eigenvalue weighted by atomic mass is 9.95. The molecule has 4 nitrogen and oxygen atoms in total. The Morgan fingerprint density at radius 3 is 2.62 bits per heavy atom. The summed E-state index contributed by atoms with van der Waals surface area (Å²) in [5, 5.41) is 15.0. The van der Waals surface area contributed by atoms with Gasteiger partial charge in [0, 0.05) is 13.6 Å². The molecular formula is C9H16N2O2. The van der Waals surface area contributed by atoms with Crippen molar-refractivity contribution < 1.29 is 9.90 Å². The number of aliphatic hydroxyl groups excluding tert-OH is 1. The standard InChI is InChI=1S/C9H16N2O2/c1-5(2)4-11-7-6(10-3)8(12)9(7)13/h5,8,10-12H,4H2,1-3H3. The molecule has 0 radical (unpaired) electrons. The molecule has 1 aliphatic carbocycles. The molecule has 0 heterocycles. The van der Waals surface area contributed by atoms with Crippen molar-refractivity contribution in [1.82, 2.24) is 10.6 Å². The summed E-state index contributed by atoms with van der Waals surface area (Å²) in [4.78, 5) is 11.1. The molecule has 0 spiro atoms. The molecule has 0 fully saturated rings. The second-order valence-corrected chi connectivity index (χ2v) is 3.58. The number of hydrogen-bond acceptors (Lipinski definition) is 4. The van der Waals surface area contributed by atoms with E-state index in [1.165, 1.54) is 0 Å². The highest BCUT2D eigenvalue weighted by molar-refractivity contribution is 6.07. The quantitative estimate of drug-likeness (QED) is 0.556. The minimum Gasteiger partial charge on any atom is -0.387 e. The fourth-order valence-electron chi connectivity index (χ4n) is 1.21. The zero-order valence-corrected chi connectivity index (χ0v) is 8.22. The van der Waals surface area contributed by atoms with Crippen LogP contribution in [0.2, 0.25) is 0 Å². The van der Waals surface area contributed by atoms with Crippen LogP contribution in [0.3, 0.4) is 0 Å². The van der Waals surface area contributed by atoms with E-state index in [1.54, 1.807) is 7.05 Å². The Morgan fingerprint density at radius 1 is 1.54 bits per heavy atom. The van der Waals surface area contributed by atoms with Crippen molar-refractivity contribution in [2.24, 2.45) is 5.92 Å². The number of likely N-dealkylation sites (N-methyl/N-ethyl adjacent to an activating group) is 1. The Balaban J connectivity index is 2.58. The number of nitrogens with one attached hydrogen (secondary N) is 2. The van der Waals surface area contributed by atoms with Crippen molar-refractivity contribution in [2.45, 2.75) is 20.0 Å². The molecule has 0 aromatic carbocycles. The van der Waals surface area contributed by atoms with Crippen LogP contribution in [0.25, 0.3) is 0 Å². The van der Waals surface area contributed by atoms with Crippen LogP contribution in [-0.2, 0) is 4.79 Å². The van der Waals surface area contributed by atoms with E-state index in [1.807, 2.05) is 0 Å². The summed E-state index contributed by atoms with van der Waals surface area (Å²) >= 11 is 0. The fraction of sp³-hybridized carbons (Fsp3) is 0.667. The highest BCUT2D eigenvalue weighted by Gasteiger charge is 2.37. The number of hydrogen-bond donors (Lipinski definition) is 3. The summed E-state index contributed by atoms with van der Waals surface area (Å²) in [6, 6.07) is 0. The van der Waals surface area contributed by atoms with Crippen molar-refractivity contribution in [2.75, 3.05) is 13.6 Å². The fourth-order valence-corrected chi connectivity index (χ4v) is 1.21. The first kappa shape index (κ1) is 10.1. The average Bonchev–Trinajstić information content (AvgIpc) is 2.10. The molecule has 3 N–H and O–H groups in total. The van der Waals surface area contributed by atoms with Crippen molar-refractivity contribution in [3.05, 3.63) is 11.4 Å². The van der Waals surface area contributed by atoms with Gasteiger partial charge >= 0.3 is 0 Å². The minimum atomic E-state index is -0.945. The minimum absolute atomic E-state index is 0.218. The van der Waals surface area contributed by atoms with Gasteiger partial charge in [0.1, 0.15) is 5.70 Å². The number of ketones is 1. The molecule has 0 aromatic heterocycles. The van der Waals surface area contributed by atoms with Crippen LogP contribution < -0.4 is 10.6 Å². The third-order valence-corrected chi connectivity index (χ3v) is 1.99. The number of carbonyl (C=O) groups excluding carboxylic acids is 1. The summed E-state index contributed by atoms with van der Waals surface area (Å²) in [7, 11) is 1.70. The van der Waals surface area contributed by atoms with Gasteiger partial charge in [-0.25, -0.2) is 0 Å². The summed E-state index contributed by atoms with van der Waals surface area (Å²) in [6.45, 7) is 4.87. The number of rotatable bonds is 4. The highest BCUT2D eigenvalue weighted by Crippen LogP contribution is 2.19. The Bertz CT molecular complexity index is 246. The molecule has 0 aliphatic heterocycles. The van der Waals surface area contributed by atoms with Crippen LogP contribution >= 0.6 is 0 Å². The van der Waals surface area contributed by atoms with Gasteiger partial charge in [-0.05, 0) is 5.92 Å². The maximum atomic E-state index is 11.1. The van der Waals surface area contributed by atoms with Gasteiger partial charge in [0.25, 0.3) is 0 Å². The predicted octanol–water partition coefficient (Wildman–Crippen LogP) is -0.393. The van der Waals surface area contributed by atoms with Gasteiger partial charge in [0.2, 0.25) is 5.78 Å². The van der Waals surface area contributed by atoms with Crippen molar-refractivity contribution in [3.63, 3.8) is 0 Å². The molecule has 0 saturated carbocycles. The smallest absolute Gasteiger partial charge is 0.215 e. The van der Waals surface area contributed by atoms with E-state index >= 15 is 0 Å². The number of carbonyl (C=O) groups is 1. The van der Waals surface area contributed by atoms with Crippen LogP contribution in [0.15, 0.2) is 11.4 Å². The maximum Gasteiger partial charge on any atom is 0.215 e. The largest absolute Gasteiger partial charge is 0.387 e. The topological polar surface area (TPSA) is 61.4 Å². The molecule has 0 amide bonds. The van der Waals surface area contributed by atoms with Gasteiger partial charge in [-0.15, -0.1) is 0 Å². The van der Waals surface area contributed by atoms with Crippen LogP contribution in [0.4, 0.5) is 0 Å². The monoisotopic (exact) mass is 184 g/mol. The first-order valence-electron chi connectivity index (χ1n) is 4.46. The first-order chi connectivity index (χ1) is 6.07. The van der Waals surface area contributed by atoms with E-state index in [9.17, 15) is 9.90 Å². The Morgan fingerprint density at radius 2 is 2.15 bits per heavy atom. The molecule has 0 aromatic rings. The first-order valence-corrected chi connectivity index (χ1v) is 4.46. The number of Topliss-reactive ketones (excluding diaryl/α,β-unsaturated/α-hetero) is 1. The van der Waals surface area contributed by atoms with E-state index in [2.05, 4.69) is 24.5 Å². The lowest BCUT2D eigenvalue weighted by Crippen LogP contribution is -2.47. The molecule has 1 atom stereocenters. The van der Waals surface area contributed by atoms with Crippen LogP contribution in [0.5, 0.6) is 0 Å². The van der Waals surface area contributed by atoms with Crippen molar-refractivity contribution in [1.29, 1.82) is 0 Å². The average molecular weight is 184 g/mol. The second-order valence-electron chi connectivity index (χ2n) is 3.58. The van der Waals surface area contributed by atoms with Gasteiger partial charge in [-0.2, -0.15) is 0 Å². The molecule has 1 rings (SSSR count). The zero-order chi connectivity index (χ0) is 10.0. The maximum absolute atomic E-state index is 11.1. The lowest BCUT2D eigenvalue weighted by Gasteiger charge is -2.28.